The van der Waals surface area contributed by atoms with Crippen LogP contribution < -0.4 is 4.72 Å². The molecular formula is C13H18N2O4S2. The summed E-state index contributed by atoms with van der Waals surface area (Å²) >= 11 is 0. The second-order valence-electron chi connectivity index (χ2n) is 5.45. The molecule has 0 radical (unpaired) electrons. The van der Waals surface area contributed by atoms with Crippen molar-refractivity contribution in [3.8, 4) is 6.07 Å². The summed E-state index contributed by atoms with van der Waals surface area (Å²) in [5.41, 5.74) is 0.793. The third kappa shape index (κ3) is 4.03. The van der Waals surface area contributed by atoms with Crippen LogP contribution in [0.4, 0.5) is 0 Å². The number of nitrogens with one attached hydrogen (secondary N) is 1. The summed E-state index contributed by atoms with van der Waals surface area (Å²) in [5, 5.41) is 8.77. The third-order valence-electron chi connectivity index (χ3n) is 3.29. The van der Waals surface area contributed by atoms with Crippen molar-refractivity contribution in [3.05, 3.63) is 29.3 Å². The van der Waals surface area contributed by atoms with Crippen LogP contribution in [-0.4, -0.2) is 34.4 Å². The van der Waals surface area contributed by atoms with Crippen LogP contribution in [0.1, 0.15) is 25.0 Å². The highest BCUT2D eigenvalue weighted by Gasteiger charge is 2.32. The fraction of sp³-hybridized carbons (Fsp3) is 0.462. The van der Waals surface area contributed by atoms with E-state index >= 15 is 0 Å². The summed E-state index contributed by atoms with van der Waals surface area (Å²) < 4.78 is 48.7. The summed E-state index contributed by atoms with van der Waals surface area (Å²) in [7, 11) is -7.23. The smallest absolute Gasteiger partial charge is 0.229 e. The fourth-order valence-electron chi connectivity index (χ4n) is 1.50. The number of aryl methyl sites for hydroxylation is 1. The standard InChI is InChI=1S/C13H18N2O4S2/c1-10-7-11(8-14)5-6-12(10)21(18,19)15-9-13(2,3)20(4,16)17/h5-7,15H,9H2,1-4H3. The van der Waals surface area contributed by atoms with Crippen molar-refractivity contribution >= 4 is 19.9 Å². The maximum absolute atomic E-state index is 12.2. The van der Waals surface area contributed by atoms with Crippen molar-refractivity contribution in [3.63, 3.8) is 0 Å². The van der Waals surface area contributed by atoms with Crippen LogP contribution >= 0.6 is 0 Å². The van der Waals surface area contributed by atoms with E-state index in [0.717, 1.165) is 6.26 Å². The van der Waals surface area contributed by atoms with Gasteiger partial charge in [-0.3, -0.25) is 0 Å². The number of sulfone groups is 1. The van der Waals surface area contributed by atoms with Gasteiger partial charge in [0.2, 0.25) is 10.0 Å². The molecule has 0 unspecified atom stereocenters. The molecule has 1 N–H and O–H groups in total. The highest BCUT2D eigenvalue weighted by atomic mass is 32.2. The fourth-order valence-corrected chi connectivity index (χ4v) is 3.36. The molecule has 1 aromatic carbocycles. The van der Waals surface area contributed by atoms with E-state index in [4.69, 9.17) is 5.26 Å². The van der Waals surface area contributed by atoms with Crippen LogP contribution in [0.3, 0.4) is 0 Å². The molecule has 0 atom stereocenters. The molecule has 8 heteroatoms. The van der Waals surface area contributed by atoms with E-state index in [1.807, 2.05) is 6.07 Å². The van der Waals surface area contributed by atoms with E-state index < -0.39 is 24.6 Å². The average Bonchev–Trinajstić information content (AvgIpc) is 2.34. The van der Waals surface area contributed by atoms with E-state index in [2.05, 4.69) is 4.72 Å². The molecule has 0 aliphatic heterocycles. The molecule has 116 valence electrons. The van der Waals surface area contributed by atoms with E-state index in [1.165, 1.54) is 32.0 Å². The largest absolute Gasteiger partial charge is 0.240 e. The first-order valence-corrected chi connectivity index (χ1v) is 9.48. The van der Waals surface area contributed by atoms with Crippen molar-refractivity contribution in [2.24, 2.45) is 0 Å². The van der Waals surface area contributed by atoms with Gasteiger partial charge in [0.1, 0.15) is 0 Å². The first-order valence-electron chi connectivity index (χ1n) is 6.11. The predicted octanol–water partition coefficient (Wildman–Crippen LogP) is 0.968. The van der Waals surface area contributed by atoms with Crippen LogP contribution in [0.2, 0.25) is 0 Å². The zero-order valence-electron chi connectivity index (χ0n) is 12.3. The van der Waals surface area contributed by atoms with Crippen LogP contribution in [0.5, 0.6) is 0 Å². The van der Waals surface area contributed by atoms with Gasteiger partial charge in [0.15, 0.2) is 9.84 Å². The van der Waals surface area contributed by atoms with E-state index in [9.17, 15) is 16.8 Å². The SMILES string of the molecule is Cc1cc(C#N)ccc1S(=O)(=O)NCC(C)(C)S(C)(=O)=O. The minimum absolute atomic E-state index is 0.0331. The van der Waals surface area contributed by atoms with Gasteiger partial charge in [-0.15, -0.1) is 0 Å². The number of benzene rings is 1. The van der Waals surface area contributed by atoms with Gasteiger partial charge in [-0.1, -0.05) is 0 Å². The Kier molecular flexibility index (Phi) is 4.83. The molecule has 6 nitrogen and oxygen atoms in total. The molecule has 1 rings (SSSR count). The molecule has 0 heterocycles. The quantitative estimate of drug-likeness (QED) is 0.866. The Labute approximate surface area is 125 Å². The van der Waals surface area contributed by atoms with Crippen molar-refractivity contribution in [1.82, 2.24) is 4.72 Å². The lowest BCUT2D eigenvalue weighted by molar-refractivity contribution is 0.537. The molecule has 1 aromatic rings. The van der Waals surface area contributed by atoms with Crippen molar-refractivity contribution in [1.29, 1.82) is 5.26 Å². The predicted molar refractivity (Wildman–Crippen MR) is 80.0 cm³/mol. The molecular weight excluding hydrogens is 312 g/mol. The van der Waals surface area contributed by atoms with Gasteiger partial charge in [-0.05, 0) is 44.5 Å². The molecule has 0 aliphatic carbocycles. The summed E-state index contributed by atoms with van der Waals surface area (Å²) in [6.07, 6.45) is 1.06. The van der Waals surface area contributed by atoms with Gasteiger partial charge in [-0.2, -0.15) is 5.26 Å². The molecule has 0 aliphatic rings. The van der Waals surface area contributed by atoms with Crippen molar-refractivity contribution in [2.75, 3.05) is 12.8 Å². The molecule has 0 aromatic heterocycles. The first-order chi connectivity index (χ1) is 9.40. The average molecular weight is 330 g/mol. The monoisotopic (exact) mass is 330 g/mol. The van der Waals surface area contributed by atoms with Crippen LogP contribution in [0.15, 0.2) is 23.1 Å². The van der Waals surface area contributed by atoms with Gasteiger partial charge in [-0.25, -0.2) is 21.6 Å². The number of hydrogen-bond acceptors (Lipinski definition) is 5. The van der Waals surface area contributed by atoms with Gasteiger partial charge >= 0.3 is 0 Å². The Morgan fingerprint density at radius 3 is 2.24 bits per heavy atom. The Balaban J connectivity index is 3.07. The van der Waals surface area contributed by atoms with Gasteiger partial charge in [0.05, 0.1) is 21.3 Å². The maximum atomic E-state index is 12.2. The lowest BCUT2D eigenvalue weighted by Crippen LogP contribution is -2.43. The number of sulfonamides is 1. The van der Waals surface area contributed by atoms with Gasteiger partial charge < -0.3 is 0 Å². The summed E-state index contributed by atoms with van der Waals surface area (Å²) in [6.45, 7) is 4.26. The van der Waals surface area contributed by atoms with E-state index in [0.29, 0.717) is 11.1 Å². The van der Waals surface area contributed by atoms with Gasteiger partial charge in [0.25, 0.3) is 0 Å². The Hall–Kier alpha value is -1.43. The lowest BCUT2D eigenvalue weighted by Gasteiger charge is -2.23. The lowest BCUT2D eigenvalue weighted by atomic mass is 10.2. The number of hydrogen-bond donors (Lipinski definition) is 1. The normalized spacial score (nSPS) is 12.9. The minimum Gasteiger partial charge on any atom is -0.229 e. The highest BCUT2D eigenvalue weighted by molar-refractivity contribution is 7.92. The molecule has 0 fully saturated rings. The first kappa shape index (κ1) is 17.6. The zero-order valence-corrected chi connectivity index (χ0v) is 14.0. The topological polar surface area (TPSA) is 104 Å². The van der Waals surface area contributed by atoms with Crippen LogP contribution in [-0.2, 0) is 19.9 Å². The zero-order chi connectivity index (χ0) is 16.5. The van der Waals surface area contributed by atoms with Crippen LogP contribution in [0.25, 0.3) is 0 Å². The minimum atomic E-state index is -3.83. The number of nitriles is 1. The number of rotatable bonds is 5. The highest BCUT2D eigenvalue weighted by Crippen LogP contribution is 2.19. The second kappa shape index (κ2) is 5.75. The Bertz CT molecular complexity index is 788. The Morgan fingerprint density at radius 1 is 1.24 bits per heavy atom. The van der Waals surface area contributed by atoms with E-state index in [-0.39, 0.29) is 11.4 Å². The molecule has 0 bridgehead atoms. The molecule has 0 saturated heterocycles. The van der Waals surface area contributed by atoms with Crippen molar-refractivity contribution in [2.45, 2.75) is 30.4 Å². The maximum Gasteiger partial charge on any atom is 0.240 e. The summed E-state index contributed by atoms with van der Waals surface area (Å²) in [6, 6.07) is 6.14. The summed E-state index contributed by atoms with van der Waals surface area (Å²) in [5.74, 6) is 0. The van der Waals surface area contributed by atoms with Crippen LogP contribution in [0, 0.1) is 18.3 Å². The van der Waals surface area contributed by atoms with E-state index in [1.54, 1.807) is 6.92 Å². The molecule has 0 spiro atoms. The molecule has 21 heavy (non-hydrogen) atoms. The van der Waals surface area contributed by atoms with Crippen molar-refractivity contribution < 1.29 is 16.8 Å². The third-order valence-corrected chi connectivity index (χ3v) is 7.00. The molecule has 0 saturated carbocycles. The summed E-state index contributed by atoms with van der Waals surface area (Å²) in [4.78, 5) is 0.0331. The Morgan fingerprint density at radius 2 is 1.81 bits per heavy atom. The molecule has 0 amide bonds. The number of nitrogens with zero attached hydrogens (tertiary/aromatic N) is 1. The second-order valence-corrected chi connectivity index (χ2v) is 9.83. The van der Waals surface area contributed by atoms with Gasteiger partial charge in [0, 0.05) is 12.8 Å².